The zero-order chi connectivity index (χ0) is 11.9. The maximum atomic E-state index is 11.6. The lowest BCUT2D eigenvalue weighted by Gasteiger charge is -2.04. The van der Waals surface area contributed by atoms with Gasteiger partial charge in [0.1, 0.15) is 5.69 Å². The third-order valence-corrected chi connectivity index (χ3v) is 2.34. The van der Waals surface area contributed by atoms with Crippen molar-refractivity contribution < 1.29 is 9.53 Å². The Hall–Kier alpha value is -2.16. The number of carbonyl (C=O) groups excluding carboxylic acids is 1. The molecular weight excluding hydrogens is 216 g/mol. The Morgan fingerprint density at radius 2 is 1.82 bits per heavy atom. The van der Waals surface area contributed by atoms with Crippen molar-refractivity contribution in [2.24, 2.45) is 0 Å². The van der Waals surface area contributed by atoms with Crippen molar-refractivity contribution in [2.45, 2.75) is 6.42 Å². The van der Waals surface area contributed by atoms with E-state index in [9.17, 15) is 4.79 Å². The van der Waals surface area contributed by atoms with Gasteiger partial charge in [0, 0.05) is 12.6 Å². The van der Waals surface area contributed by atoms with E-state index in [1.807, 2.05) is 30.3 Å². The lowest BCUT2D eigenvalue weighted by Crippen LogP contribution is -2.09. The summed E-state index contributed by atoms with van der Waals surface area (Å²) in [7, 11) is 0. The van der Waals surface area contributed by atoms with Crippen LogP contribution in [0.3, 0.4) is 0 Å². The van der Waals surface area contributed by atoms with E-state index in [0.717, 1.165) is 12.0 Å². The molecule has 86 valence electrons. The van der Waals surface area contributed by atoms with Crippen LogP contribution >= 0.6 is 0 Å². The molecule has 0 radical (unpaired) electrons. The molecule has 17 heavy (non-hydrogen) atoms. The molecule has 1 heterocycles. The molecule has 0 aliphatic heterocycles. The molecule has 2 aromatic rings. The molecule has 0 aliphatic carbocycles. The molecule has 0 fully saturated rings. The lowest BCUT2D eigenvalue weighted by atomic mass is 10.2. The van der Waals surface area contributed by atoms with E-state index in [1.165, 1.54) is 0 Å². The number of aromatic nitrogens is 1. The quantitative estimate of drug-likeness (QED) is 0.597. The summed E-state index contributed by atoms with van der Waals surface area (Å²) in [5.41, 5.74) is 1.50. The second-order valence-corrected chi connectivity index (χ2v) is 3.59. The van der Waals surface area contributed by atoms with E-state index in [-0.39, 0.29) is 5.97 Å². The molecule has 0 spiro atoms. The molecule has 0 unspecified atom stereocenters. The number of carbonyl (C=O) groups is 1. The van der Waals surface area contributed by atoms with Crippen LogP contribution in [0.15, 0.2) is 54.7 Å². The van der Waals surface area contributed by atoms with E-state index in [0.29, 0.717) is 12.3 Å². The van der Waals surface area contributed by atoms with Gasteiger partial charge in [-0.05, 0) is 17.7 Å². The third-order valence-electron chi connectivity index (χ3n) is 2.34. The maximum Gasteiger partial charge on any atom is 0.356 e. The van der Waals surface area contributed by atoms with Gasteiger partial charge in [-0.3, -0.25) is 0 Å². The first kappa shape index (κ1) is 11.3. The van der Waals surface area contributed by atoms with Crippen LogP contribution in [0.4, 0.5) is 0 Å². The molecule has 0 bridgehead atoms. The third kappa shape index (κ3) is 3.41. The van der Waals surface area contributed by atoms with Crippen molar-refractivity contribution in [1.82, 2.24) is 4.98 Å². The first-order valence-electron chi connectivity index (χ1n) is 5.48. The van der Waals surface area contributed by atoms with E-state index < -0.39 is 0 Å². The van der Waals surface area contributed by atoms with Crippen LogP contribution in [0.25, 0.3) is 0 Å². The minimum absolute atomic E-state index is 0.348. The van der Waals surface area contributed by atoms with E-state index in [4.69, 9.17) is 4.74 Å². The first-order valence-corrected chi connectivity index (χ1v) is 5.48. The van der Waals surface area contributed by atoms with Gasteiger partial charge in [0.25, 0.3) is 0 Å². The van der Waals surface area contributed by atoms with Crippen LogP contribution < -0.4 is 0 Å². The normalized spacial score (nSPS) is 9.88. The number of nitrogens with zero attached hydrogens (tertiary/aromatic N) is 1. The van der Waals surface area contributed by atoms with Crippen molar-refractivity contribution in [2.75, 3.05) is 6.61 Å². The molecule has 0 atom stereocenters. The fourth-order valence-electron chi connectivity index (χ4n) is 1.46. The van der Waals surface area contributed by atoms with E-state index in [1.54, 1.807) is 24.4 Å². The summed E-state index contributed by atoms with van der Waals surface area (Å²) >= 11 is 0. The predicted octanol–water partition coefficient (Wildman–Crippen LogP) is 2.48. The van der Waals surface area contributed by atoms with Crippen LogP contribution in [-0.2, 0) is 11.2 Å². The molecule has 0 N–H and O–H groups in total. The van der Waals surface area contributed by atoms with E-state index >= 15 is 0 Å². The fraction of sp³-hybridized carbons (Fsp3) is 0.143. The highest BCUT2D eigenvalue weighted by molar-refractivity contribution is 5.87. The number of ether oxygens (including phenoxy) is 1. The topological polar surface area (TPSA) is 39.2 Å². The van der Waals surface area contributed by atoms with Gasteiger partial charge in [0.05, 0.1) is 6.61 Å². The monoisotopic (exact) mass is 229 g/mol. The van der Waals surface area contributed by atoms with Gasteiger partial charge < -0.3 is 4.74 Å². The summed E-state index contributed by atoms with van der Waals surface area (Å²) in [6, 6.07) is 15.1. The number of benzene rings is 1. The molecule has 2 rings (SSSR count). The highest BCUT2D eigenvalue weighted by atomic mass is 18.3. The minimum atomic E-state index is -0.374. The molecule has 0 saturated carbocycles. The summed E-state index contributed by atoms with van der Waals surface area (Å²) in [6.07, 6.45) is 2.30. The number of pyridine rings is 1. The zero-order valence-corrected chi connectivity index (χ0v) is 9.37. The van der Waals surface area contributed by atoms with Gasteiger partial charge in [0.2, 0.25) is 0 Å². The predicted molar refractivity (Wildman–Crippen MR) is 64.7 cm³/mol. The minimum Gasteiger partial charge on any atom is -0.461 e. The van der Waals surface area contributed by atoms with Crippen LogP contribution in [-0.4, -0.2) is 17.6 Å². The Balaban J connectivity index is 1.82. The SMILES string of the molecule is O=C([18O]CCc1ccccc1)c1ccccn1. The van der Waals surface area contributed by atoms with Gasteiger partial charge in [-0.25, -0.2) is 9.78 Å². The van der Waals surface area contributed by atoms with Crippen LogP contribution in [0.1, 0.15) is 16.1 Å². The zero-order valence-electron chi connectivity index (χ0n) is 9.37. The van der Waals surface area contributed by atoms with Gasteiger partial charge >= 0.3 is 5.97 Å². The summed E-state index contributed by atoms with van der Waals surface area (Å²) in [4.78, 5) is 15.5. The number of esters is 1. The van der Waals surface area contributed by atoms with Crippen molar-refractivity contribution in [3.8, 4) is 0 Å². The van der Waals surface area contributed by atoms with Gasteiger partial charge in [-0.15, -0.1) is 0 Å². The molecular formula is C14H13NO2. The molecule has 3 heteroatoms. The Kier molecular flexibility index (Phi) is 3.86. The smallest absolute Gasteiger partial charge is 0.356 e. The molecule has 1 aromatic heterocycles. The molecule has 0 aliphatic rings. The largest absolute Gasteiger partial charge is 0.461 e. The number of hydrogen-bond donors (Lipinski definition) is 0. The molecule has 0 amide bonds. The Labute approximate surface area is 100 Å². The van der Waals surface area contributed by atoms with Crippen molar-refractivity contribution >= 4 is 5.97 Å². The standard InChI is InChI=1S/C14H13NO2/c16-14(13-8-4-5-10-15-13)17-11-9-12-6-2-1-3-7-12/h1-8,10H,9,11H2/i17+2. The summed E-state index contributed by atoms with van der Waals surface area (Å²) in [6.45, 7) is 0.374. The van der Waals surface area contributed by atoms with Gasteiger partial charge in [0.15, 0.2) is 0 Å². The Bertz CT molecular complexity index is 468. The summed E-state index contributed by atoms with van der Waals surface area (Å²) in [5.74, 6) is -0.374. The molecule has 3 nitrogen and oxygen atoms in total. The Morgan fingerprint density at radius 3 is 2.53 bits per heavy atom. The summed E-state index contributed by atoms with van der Waals surface area (Å²) < 4.78 is 5.13. The molecule has 0 saturated heterocycles. The van der Waals surface area contributed by atoms with Crippen LogP contribution in [0, 0.1) is 0 Å². The second kappa shape index (κ2) is 5.80. The molecule has 1 aromatic carbocycles. The van der Waals surface area contributed by atoms with Crippen LogP contribution in [0.5, 0.6) is 0 Å². The number of rotatable bonds is 4. The van der Waals surface area contributed by atoms with Gasteiger partial charge in [-0.2, -0.15) is 0 Å². The lowest BCUT2D eigenvalue weighted by molar-refractivity contribution is 0.0502. The Morgan fingerprint density at radius 1 is 1.06 bits per heavy atom. The second-order valence-electron chi connectivity index (χ2n) is 3.59. The maximum absolute atomic E-state index is 11.6. The highest BCUT2D eigenvalue weighted by Crippen LogP contribution is 2.01. The van der Waals surface area contributed by atoms with Crippen molar-refractivity contribution in [1.29, 1.82) is 0 Å². The average molecular weight is 229 g/mol. The fourth-order valence-corrected chi connectivity index (χ4v) is 1.46. The highest BCUT2D eigenvalue weighted by Gasteiger charge is 2.06. The number of hydrogen-bond acceptors (Lipinski definition) is 3. The summed E-state index contributed by atoms with van der Waals surface area (Å²) in [5, 5.41) is 0. The van der Waals surface area contributed by atoms with Gasteiger partial charge in [-0.1, -0.05) is 36.4 Å². The van der Waals surface area contributed by atoms with Crippen molar-refractivity contribution in [3.63, 3.8) is 0 Å². The van der Waals surface area contributed by atoms with E-state index in [2.05, 4.69) is 4.98 Å². The van der Waals surface area contributed by atoms with Crippen LogP contribution in [0.2, 0.25) is 0 Å². The van der Waals surface area contributed by atoms with Crippen molar-refractivity contribution in [3.05, 3.63) is 66.0 Å². The average Bonchev–Trinajstić information content (AvgIpc) is 2.41. The first-order chi connectivity index (χ1) is 8.36.